The van der Waals surface area contributed by atoms with Crippen molar-refractivity contribution in [1.29, 1.82) is 0 Å². The number of hydrogen-bond acceptors (Lipinski definition) is 13. The number of carboxylic acid groups (broad SMARTS) is 2. The predicted octanol–water partition coefficient (Wildman–Crippen LogP) is 7.22. The van der Waals surface area contributed by atoms with Crippen molar-refractivity contribution < 1.29 is 49.0 Å². The minimum Gasteiger partial charge on any atom is -0.481 e. The molecule has 0 amide bonds. The topological polar surface area (TPSA) is 247 Å². The Balaban J connectivity index is 1.15. The Morgan fingerprint density at radius 2 is 1.15 bits per heavy atom. The number of rotatable bonds is 27. The van der Waals surface area contributed by atoms with Crippen LogP contribution in [0.25, 0.3) is 11.1 Å². The van der Waals surface area contributed by atoms with Crippen LogP contribution < -0.4 is 24.3 Å². The molecule has 0 spiro atoms. The molecule has 2 atom stereocenters. The second kappa shape index (κ2) is 24.6. The fourth-order valence-electron chi connectivity index (χ4n) is 7.14. The van der Waals surface area contributed by atoms with E-state index >= 15 is 0 Å². The van der Waals surface area contributed by atoms with Crippen LogP contribution in [-0.4, -0.2) is 94.7 Å². The molecule has 19 heteroatoms. The summed E-state index contributed by atoms with van der Waals surface area (Å²) in [4.78, 5) is 31.6. The molecule has 2 aromatic carbocycles. The van der Waals surface area contributed by atoms with Crippen LogP contribution in [0.15, 0.2) is 82.0 Å². The summed E-state index contributed by atoms with van der Waals surface area (Å²) in [6, 6.07) is 19.6. The number of aliphatic hydroxyl groups excluding tert-OH is 2. The van der Waals surface area contributed by atoms with E-state index in [-0.39, 0.29) is 39.1 Å². The molecule has 6 rings (SSSR count). The maximum atomic E-state index is 11.0. The molecule has 0 fully saturated rings. The highest BCUT2D eigenvalue weighted by Gasteiger charge is 2.19. The Morgan fingerprint density at radius 3 is 1.65 bits per heavy atom. The number of aliphatic carboxylic acids is 2. The smallest absolute Gasteiger partial charge is 0.306 e. The van der Waals surface area contributed by atoms with Gasteiger partial charge < -0.3 is 44.7 Å². The number of nitrogens with zero attached hydrogens (tertiary/aromatic N) is 4. The maximum absolute atomic E-state index is 11.0. The first-order valence-electron chi connectivity index (χ1n) is 21.4. The molecular formula is C47H53Br2N7O10. The maximum Gasteiger partial charge on any atom is 0.306 e. The highest BCUT2D eigenvalue weighted by Crippen LogP contribution is 2.35. The van der Waals surface area contributed by atoms with Gasteiger partial charge in [0.2, 0.25) is 23.5 Å². The van der Waals surface area contributed by atoms with Crippen molar-refractivity contribution in [3.8, 4) is 34.6 Å². The lowest BCUT2D eigenvalue weighted by molar-refractivity contribution is -0.140. The normalized spacial score (nSPS) is 12.2. The zero-order valence-electron chi connectivity index (χ0n) is 36.6. The van der Waals surface area contributed by atoms with Crippen molar-refractivity contribution >= 4 is 43.8 Å². The van der Waals surface area contributed by atoms with E-state index in [0.29, 0.717) is 83.3 Å². The fraction of sp³-hybridized carbons (Fsp3) is 0.362. The number of aliphatic hydroxyl groups is 2. The number of nitrogens with one attached hydrogen (secondary N) is 3. The van der Waals surface area contributed by atoms with Crippen molar-refractivity contribution in [2.24, 2.45) is 0 Å². The number of ether oxygens (including phenoxy) is 4. The van der Waals surface area contributed by atoms with Crippen LogP contribution in [0.4, 0.5) is 0 Å². The highest BCUT2D eigenvalue weighted by atomic mass is 79.9. The first-order chi connectivity index (χ1) is 31.8. The molecule has 66 heavy (non-hydrogen) atoms. The second-order valence-corrected chi connectivity index (χ2v) is 17.3. The number of aryl methyl sites for hydroxylation is 1. The van der Waals surface area contributed by atoms with Crippen LogP contribution in [0.2, 0.25) is 0 Å². The molecule has 4 aromatic heterocycles. The lowest BCUT2D eigenvalue weighted by Crippen LogP contribution is -2.28. The summed E-state index contributed by atoms with van der Waals surface area (Å²) in [6.07, 6.45) is 3.19. The van der Waals surface area contributed by atoms with E-state index in [4.69, 9.17) is 39.1 Å². The van der Waals surface area contributed by atoms with Gasteiger partial charge in [-0.2, -0.15) is 20.2 Å². The van der Waals surface area contributed by atoms with Gasteiger partial charge in [-0.1, -0.05) is 36.4 Å². The number of carboxylic acids is 2. The Morgan fingerprint density at radius 1 is 0.652 bits per heavy atom. The van der Waals surface area contributed by atoms with Crippen LogP contribution >= 0.6 is 31.9 Å². The number of hydrogen-bond donors (Lipinski definition) is 7. The molecule has 0 saturated heterocycles. The molecule has 0 aliphatic heterocycles. The summed E-state index contributed by atoms with van der Waals surface area (Å²) in [6.45, 7) is 5.53. The predicted molar refractivity (Wildman–Crippen MR) is 251 cm³/mol. The van der Waals surface area contributed by atoms with Gasteiger partial charge in [0, 0.05) is 60.8 Å². The van der Waals surface area contributed by atoms with E-state index in [1.807, 2.05) is 48.5 Å². The van der Waals surface area contributed by atoms with Crippen LogP contribution in [0.5, 0.6) is 23.5 Å². The third kappa shape index (κ3) is 14.6. The third-order valence-electron chi connectivity index (χ3n) is 10.7. The molecule has 0 radical (unpaired) electrons. The van der Waals surface area contributed by atoms with Gasteiger partial charge in [-0.3, -0.25) is 19.8 Å². The van der Waals surface area contributed by atoms with E-state index in [9.17, 15) is 19.8 Å². The van der Waals surface area contributed by atoms with Crippen LogP contribution in [0.1, 0.15) is 70.5 Å². The molecule has 0 bridgehead atoms. The number of aromatic nitrogens is 6. The Hall–Kier alpha value is -5.86. The van der Waals surface area contributed by atoms with Gasteiger partial charge >= 0.3 is 11.9 Å². The number of aromatic amines is 2. The van der Waals surface area contributed by atoms with Crippen LogP contribution in [-0.2, 0) is 48.6 Å². The number of benzene rings is 2. The first kappa shape index (κ1) is 49.6. The average Bonchev–Trinajstić information content (AvgIpc) is 4.00. The summed E-state index contributed by atoms with van der Waals surface area (Å²) >= 11 is 7.25. The van der Waals surface area contributed by atoms with Crippen molar-refractivity contribution in [1.82, 2.24) is 35.7 Å². The lowest BCUT2D eigenvalue weighted by Gasteiger charge is -2.18. The first-order valence-corrected chi connectivity index (χ1v) is 23.0. The molecule has 0 aliphatic carbocycles. The second-order valence-electron chi connectivity index (χ2n) is 15.6. The Kier molecular flexibility index (Phi) is 18.5. The molecule has 4 heterocycles. The molecule has 7 N–H and O–H groups in total. The summed E-state index contributed by atoms with van der Waals surface area (Å²) in [5.74, 6) is -0.705. The number of carbonyl (C=O) groups is 2. The largest absolute Gasteiger partial charge is 0.481 e. The van der Waals surface area contributed by atoms with Crippen molar-refractivity contribution in [2.75, 3.05) is 19.8 Å². The summed E-state index contributed by atoms with van der Waals surface area (Å²) in [7, 11) is 0. The summed E-state index contributed by atoms with van der Waals surface area (Å²) < 4.78 is 26.2. The molecule has 0 unspecified atom stereocenters. The Labute approximate surface area is 398 Å². The van der Waals surface area contributed by atoms with Crippen molar-refractivity contribution in [2.45, 2.75) is 90.8 Å². The van der Waals surface area contributed by atoms with Gasteiger partial charge in [0.1, 0.15) is 13.2 Å². The quantitative estimate of drug-likeness (QED) is 0.0269. The average molecular weight is 1040 g/mol. The van der Waals surface area contributed by atoms with E-state index in [0.717, 1.165) is 50.3 Å². The highest BCUT2D eigenvalue weighted by molar-refractivity contribution is 9.10. The van der Waals surface area contributed by atoms with E-state index in [1.165, 1.54) is 0 Å². The van der Waals surface area contributed by atoms with Gasteiger partial charge in [0.05, 0.1) is 47.2 Å². The molecular weight excluding hydrogens is 982 g/mol. The Bertz CT molecular complexity index is 2350. The van der Waals surface area contributed by atoms with E-state index in [1.54, 1.807) is 12.4 Å². The van der Waals surface area contributed by atoms with Gasteiger partial charge in [-0.25, -0.2) is 0 Å². The number of pyridine rings is 2. The minimum absolute atomic E-state index is 0.0720. The summed E-state index contributed by atoms with van der Waals surface area (Å²) in [5.41, 5.74) is 9.34. The van der Waals surface area contributed by atoms with Crippen molar-refractivity contribution in [3.63, 3.8) is 0 Å². The van der Waals surface area contributed by atoms with Gasteiger partial charge in [0.25, 0.3) is 0 Å². The zero-order chi connectivity index (χ0) is 47.0. The van der Waals surface area contributed by atoms with Gasteiger partial charge in [-0.15, -0.1) is 0 Å². The number of H-pyrrole nitrogens is 2. The lowest BCUT2D eigenvalue weighted by atomic mass is 9.92. The standard InChI is InChI=1S/C47H53Br2N7O10/c1-28-31(26-65-46-40(48)20-30(6-3-9-36(57)22-42(59)60)44(53-46)63-18-14-34-12-16-51-55-34)7-4-10-38(28)39-11-5-8-32(29(39)2)27-66-47-41(49)21-33(24-50-25-37(58)23-43(61)62)45(54-47)64-19-15-35-13-17-52-56-35/h4-5,7-8,10-13,16-17,20-21,36-37,50,57-58H,3,6,9,14-15,18-19,22-27H2,1-2H3,(H,51,55)(H,52,56)(H,59,60)(H,61,62)/t36-,37+/m1/s1. The fourth-order valence-corrected chi connectivity index (χ4v) is 8.10. The van der Waals surface area contributed by atoms with Gasteiger partial charge in [-0.05, 0) is 123 Å². The molecule has 350 valence electrons. The number of halogens is 2. The monoisotopic (exact) mass is 1030 g/mol. The molecule has 17 nitrogen and oxygen atoms in total. The zero-order valence-corrected chi connectivity index (χ0v) is 39.7. The molecule has 0 saturated carbocycles. The molecule has 0 aliphatic rings. The van der Waals surface area contributed by atoms with E-state index < -0.39 is 24.1 Å². The van der Waals surface area contributed by atoms with Crippen molar-refractivity contribution in [3.05, 3.63) is 127 Å². The molecule has 6 aromatic rings. The third-order valence-corrected chi connectivity index (χ3v) is 11.8. The van der Waals surface area contributed by atoms with E-state index in [2.05, 4.69) is 83.6 Å². The minimum atomic E-state index is -1.08. The van der Waals surface area contributed by atoms with Gasteiger partial charge in [0.15, 0.2) is 0 Å². The SMILES string of the molecule is Cc1c(COc2nc(OCCc3ccn[nH]3)c(CCC[C@@H](O)CC(=O)O)cc2Br)cccc1-c1cccc(COc2nc(OCCc3ccn[nH]3)c(CNC[C@@H](O)CC(=O)O)cc2Br)c1C. The summed E-state index contributed by atoms with van der Waals surface area (Å²) in [5, 5.41) is 55.2. The van der Waals surface area contributed by atoms with Crippen LogP contribution in [0.3, 0.4) is 0 Å². The van der Waals surface area contributed by atoms with Crippen LogP contribution in [0, 0.1) is 13.8 Å².